The lowest BCUT2D eigenvalue weighted by Gasteiger charge is -2.08. The van der Waals surface area contributed by atoms with Crippen LogP contribution in [-0.2, 0) is 23.2 Å². The monoisotopic (exact) mass is 326 g/mol. The van der Waals surface area contributed by atoms with Crippen molar-refractivity contribution in [2.75, 3.05) is 6.54 Å². The van der Waals surface area contributed by atoms with Crippen LogP contribution in [0.15, 0.2) is 36.8 Å². The predicted octanol–water partition coefficient (Wildman–Crippen LogP) is 1.50. The number of halogens is 1. The van der Waals surface area contributed by atoms with Crippen molar-refractivity contribution in [2.45, 2.75) is 25.8 Å². The van der Waals surface area contributed by atoms with Crippen molar-refractivity contribution in [3.8, 4) is 0 Å². The summed E-state index contributed by atoms with van der Waals surface area (Å²) in [5.74, 6) is -0.345. The van der Waals surface area contributed by atoms with Crippen LogP contribution in [0, 0.1) is 5.82 Å². The van der Waals surface area contributed by atoms with Crippen LogP contribution >= 0.6 is 0 Å². The van der Waals surface area contributed by atoms with Crippen LogP contribution in [0.5, 0.6) is 0 Å². The number of hydrogen-bond acceptors (Lipinski definition) is 3. The molecule has 1 aromatic carbocycles. The Morgan fingerprint density at radius 2 is 1.91 bits per heavy atom. The minimum absolute atomic E-state index is 0.129. The largest absolute Gasteiger partial charge is 0.348 e. The Morgan fingerprint density at radius 1 is 1.14 bits per heavy atom. The Hall–Kier alpha value is -1.77. The molecule has 2 rings (SSSR count). The first-order chi connectivity index (χ1) is 10.6. The third-order valence-electron chi connectivity index (χ3n) is 3.10. The summed E-state index contributed by atoms with van der Waals surface area (Å²) in [6, 6.07) is 5.68. The van der Waals surface area contributed by atoms with E-state index in [0.717, 1.165) is 25.0 Å². The van der Waals surface area contributed by atoms with Crippen LogP contribution in [0.2, 0.25) is 0 Å². The SMILES string of the molecule is O=S(=O)(NCCCCc1cnc[nH]1)NCc1ccc(F)cc1. The summed E-state index contributed by atoms with van der Waals surface area (Å²) in [5.41, 5.74) is 1.74. The second-order valence-corrected chi connectivity index (χ2v) is 6.46. The molecule has 0 spiro atoms. The lowest BCUT2D eigenvalue weighted by Crippen LogP contribution is -2.36. The lowest BCUT2D eigenvalue weighted by atomic mass is 10.2. The van der Waals surface area contributed by atoms with Gasteiger partial charge in [-0.1, -0.05) is 12.1 Å². The summed E-state index contributed by atoms with van der Waals surface area (Å²) in [7, 11) is -3.54. The van der Waals surface area contributed by atoms with Gasteiger partial charge in [0.15, 0.2) is 0 Å². The molecule has 0 unspecified atom stereocenters. The van der Waals surface area contributed by atoms with Crippen LogP contribution in [0.4, 0.5) is 4.39 Å². The second kappa shape index (κ2) is 8.02. The number of aromatic amines is 1. The maximum absolute atomic E-state index is 12.7. The summed E-state index contributed by atoms with van der Waals surface area (Å²) < 4.78 is 41.1. The van der Waals surface area contributed by atoms with E-state index in [4.69, 9.17) is 0 Å². The number of nitrogens with zero attached hydrogens (tertiary/aromatic N) is 1. The Labute approximate surface area is 129 Å². The van der Waals surface area contributed by atoms with Crippen LogP contribution < -0.4 is 9.44 Å². The summed E-state index contributed by atoms with van der Waals surface area (Å²) in [6.45, 7) is 0.497. The first-order valence-electron chi connectivity index (χ1n) is 7.01. The molecule has 120 valence electrons. The van der Waals surface area contributed by atoms with Crippen LogP contribution in [-0.4, -0.2) is 24.9 Å². The highest BCUT2D eigenvalue weighted by atomic mass is 32.2. The normalized spacial score (nSPS) is 11.7. The summed E-state index contributed by atoms with van der Waals surface area (Å²) in [5, 5.41) is 0. The molecule has 0 atom stereocenters. The summed E-state index contributed by atoms with van der Waals surface area (Å²) >= 11 is 0. The molecule has 2 aromatic rings. The van der Waals surface area contributed by atoms with Crippen LogP contribution in [0.1, 0.15) is 24.1 Å². The lowest BCUT2D eigenvalue weighted by molar-refractivity contribution is 0.561. The minimum Gasteiger partial charge on any atom is -0.348 e. The average molecular weight is 326 g/mol. The number of imidazole rings is 1. The van der Waals surface area contributed by atoms with Crippen LogP contribution in [0.3, 0.4) is 0 Å². The van der Waals surface area contributed by atoms with E-state index < -0.39 is 10.2 Å². The van der Waals surface area contributed by atoms with E-state index in [1.54, 1.807) is 24.7 Å². The van der Waals surface area contributed by atoms with Crippen molar-refractivity contribution < 1.29 is 12.8 Å². The Kier molecular flexibility index (Phi) is 6.05. The topological polar surface area (TPSA) is 86.9 Å². The average Bonchev–Trinajstić information content (AvgIpc) is 3.00. The fourth-order valence-corrected chi connectivity index (χ4v) is 2.77. The van der Waals surface area contributed by atoms with Gasteiger partial charge in [0, 0.05) is 25.0 Å². The molecule has 3 N–H and O–H groups in total. The van der Waals surface area contributed by atoms with Gasteiger partial charge in [0.05, 0.1) is 6.33 Å². The molecule has 22 heavy (non-hydrogen) atoms. The maximum Gasteiger partial charge on any atom is 0.277 e. The van der Waals surface area contributed by atoms with E-state index in [9.17, 15) is 12.8 Å². The van der Waals surface area contributed by atoms with Gasteiger partial charge < -0.3 is 4.98 Å². The molecule has 0 aliphatic carbocycles. The molecule has 6 nitrogen and oxygen atoms in total. The third kappa shape index (κ3) is 5.92. The fourth-order valence-electron chi connectivity index (χ4n) is 1.90. The highest BCUT2D eigenvalue weighted by molar-refractivity contribution is 7.87. The number of aromatic nitrogens is 2. The number of hydrogen-bond donors (Lipinski definition) is 3. The number of nitrogens with one attached hydrogen (secondary N) is 3. The summed E-state index contributed by atoms with van der Waals surface area (Å²) in [6.07, 6.45) is 5.82. The van der Waals surface area contributed by atoms with Crippen molar-refractivity contribution in [1.82, 2.24) is 19.4 Å². The van der Waals surface area contributed by atoms with Gasteiger partial charge in [0.2, 0.25) is 0 Å². The van der Waals surface area contributed by atoms with Gasteiger partial charge in [-0.05, 0) is 37.0 Å². The zero-order valence-corrected chi connectivity index (χ0v) is 12.9. The molecule has 0 amide bonds. The van der Waals surface area contributed by atoms with E-state index in [-0.39, 0.29) is 12.4 Å². The van der Waals surface area contributed by atoms with Crippen molar-refractivity contribution in [1.29, 1.82) is 0 Å². The number of H-pyrrole nitrogens is 1. The molecule has 0 saturated heterocycles. The van der Waals surface area contributed by atoms with E-state index >= 15 is 0 Å². The molecule has 0 aliphatic rings. The maximum atomic E-state index is 12.7. The molecule has 0 bridgehead atoms. The molecular formula is C14H19FN4O2S. The molecule has 8 heteroatoms. The van der Waals surface area contributed by atoms with Crippen molar-refractivity contribution in [3.63, 3.8) is 0 Å². The van der Waals surface area contributed by atoms with Gasteiger partial charge in [-0.25, -0.2) is 14.1 Å². The highest BCUT2D eigenvalue weighted by Crippen LogP contribution is 2.03. The van der Waals surface area contributed by atoms with Gasteiger partial charge in [-0.3, -0.25) is 0 Å². The van der Waals surface area contributed by atoms with Crippen LogP contribution in [0.25, 0.3) is 0 Å². The standard InChI is InChI=1S/C14H19FN4O2S/c15-13-6-4-12(5-7-13)9-19-22(20,21)18-8-2-1-3-14-10-16-11-17-14/h4-7,10-11,18-19H,1-3,8-9H2,(H,16,17). The molecule has 0 fully saturated rings. The van der Waals surface area contributed by atoms with E-state index in [2.05, 4.69) is 19.4 Å². The van der Waals surface area contributed by atoms with Gasteiger partial charge in [-0.15, -0.1) is 0 Å². The first kappa shape index (κ1) is 16.6. The summed E-state index contributed by atoms with van der Waals surface area (Å²) in [4.78, 5) is 6.92. The number of benzene rings is 1. The molecule has 0 saturated carbocycles. The number of aryl methyl sites for hydroxylation is 1. The van der Waals surface area contributed by atoms with Gasteiger partial charge in [0.25, 0.3) is 10.2 Å². The third-order valence-corrected chi connectivity index (χ3v) is 4.21. The van der Waals surface area contributed by atoms with Gasteiger partial charge >= 0.3 is 0 Å². The fraction of sp³-hybridized carbons (Fsp3) is 0.357. The van der Waals surface area contributed by atoms with E-state index in [0.29, 0.717) is 12.1 Å². The smallest absolute Gasteiger partial charge is 0.277 e. The molecule has 1 heterocycles. The van der Waals surface area contributed by atoms with E-state index in [1.165, 1.54) is 12.1 Å². The predicted molar refractivity (Wildman–Crippen MR) is 81.7 cm³/mol. The van der Waals surface area contributed by atoms with Crippen molar-refractivity contribution in [3.05, 3.63) is 53.9 Å². The molecule has 0 radical (unpaired) electrons. The quantitative estimate of drug-likeness (QED) is 0.610. The van der Waals surface area contributed by atoms with Crippen molar-refractivity contribution in [2.24, 2.45) is 0 Å². The zero-order valence-electron chi connectivity index (χ0n) is 12.0. The number of rotatable bonds is 9. The molecule has 1 aromatic heterocycles. The van der Waals surface area contributed by atoms with E-state index in [1.807, 2.05) is 0 Å². The zero-order chi connectivity index (χ0) is 15.8. The molecule has 0 aliphatic heterocycles. The molecular weight excluding hydrogens is 307 g/mol. The number of unbranched alkanes of at least 4 members (excludes halogenated alkanes) is 1. The second-order valence-electron chi connectivity index (χ2n) is 4.88. The Bertz CT molecular complexity index is 657. The van der Waals surface area contributed by atoms with Crippen molar-refractivity contribution >= 4 is 10.2 Å². The Balaban J connectivity index is 1.64. The Morgan fingerprint density at radius 3 is 2.59 bits per heavy atom. The minimum atomic E-state index is -3.54. The highest BCUT2D eigenvalue weighted by Gasteiger charge is 2.08. The first-order valence-corrected chi connectivity index (χ1v) is 8.49. The van der Waals surface area contributed by atoms with Gasteiger partial charge in [0.1, 0.15) is 5.82 Å². The van der Waals surface area contributed by atoms with Gasteiger partial charge in [-0.2, -0.15) is 13.1 Å².